The lowest BCUT2D eigenvalue weighted by Crippen LogP contribution is -2.32. The molecule has 0 aromatic carbocycles. The van der Waals surface area contributed by atoms with Crippen LogP contribution in [0.4, 0.5) is 11.6 Å². The van der Waals surface area contributed by atoms with Crippen LogP contribution in [-0.4, -0.2) is 40.1 Å². The lowest BCUT2D eigenvalue weighted by atomic mass is 10.1. The number of nitrogens with zero attached hydrogens (tertiary/aromatic N) is 4. The van der Waals surface area contributed by atoms with E-state index in [-0.39, 0.29) is 10.7 Å². The molecular formula is C15H18N4O3. The van der Waals surface area contributed by atoms with Gasteiger partial charge in [-0.2, -0.15) is 9.38 Å². The fraction of sp³-hybridized carbons (Fsp3) is 0.533. The summed E-state index contributed by atoms with van der Waals surface area (Å²) in [6.45, 7) is 2.32. The minimum absolute atomic E-state index is 0.0708. The van der Waals surface area contributed by atoms with Crippen LogP contribution in [0.15, 0.2) is 24.4 Å². The first-order valence-corrected chi connectivity index (χ1v) is 7.70. The molecule has 7 heteroatoms. The third-order valence-corrected chi connectivity index (χ3v) is 4.40. The Labute approximate surface area is 127 Å². The van der Waals surface area contributed by atoms with Crippen molar-refractivity contribution in [3.8, 4) is 0 Å². The largest absolute Gasteiger partial charge is 0.381 e. The fourth-order valence-corrected chi connectivity index (χ4v) is 3.13. The number of anilines is 1. The smallest absolute Gasteiger partial charge is 0.372 e. The van der Waals surface area contributed by atoms with Crippen molar-refractivity contribution in [3.63, 3.8) is 0 Å². The Morgan fingerprint density at radius 2 is 2.27 bits per heavy atom. The van der Waals surface area contributed by atoms with Gasteiger partial charge >= 0.3 is 5.82 Å². The van der Waals surface area contributed by atoms with Crippen molar-refractivity contribution in [3.05, 3.63) is 34.5 Å². The van der Waals surface area contributed by atoms with Gasteiger partial charge in [0.25, 0.3) is 0 Å². The number of imidazole rings is 1. The molecule has 1 unspecified atom stereocenters. The van der Waals surface area contributed by atoms with Crippen molar-refractivity contribution in [2.45, 2.75) is 25.3 Å². The van der Waals surface area contributed by atoms with Gasteiger partial charge in [-0.05, 0) is 30.3 Å². The van der Waals surface area contributed by atoms with Gasteiger partial charge in [0.2, 0.25) is 11.5 Å². The van der Waals surface area contributed by atoms with Crippen molar-refractivity contribution in [2.75, 3.05) is 24.7 Å². The zero-order valence-electron chi connectivity index (χ0n) is 12.2. The van der Waals surface area contributed by atoms with Gasteiger partial charge in [-0.25, -0.2) is 0 Å². The summed E-state index contributed by atoms with van der Waals surface area (Å²) < 4.78 is 7.01. The van der Waals surface area contributed by atoms with Gasteiger partial charge in [0, 0.05) is 31.2 Å². The molecule has 2 aromatic heterocycles. The van der Waals surface area contributed by atoms with Gasteiger partial charge in [0.1, 0.15) is 0 Å². The molecule has 0 bridgehead atoms. The van der Waals surface area contributed by atoms with Crippen molar-refractivity contribution < 1.29 is 9.66 Å². The summed E-state index contributed by atoms with van der Waals surface area (Å²) in [7, 11) is 0. The highest BCUT2D eigenvalue weighted by molar-refractivity contribution is 5.64. The van der Waals surface area contributed by atoms with E-state index in [9.17, 15) is 10.1 Å². The SMILES string of the molecule is O=[N+]([O-])c1c(N(CC2CCOC2)C2CC2)nc2ccccn12. The van der Waals surface area contributed by atoms with Crippen LogP contribution < -0.4 is 4.90 Å². The first-order valence-electron chi connectivity index (χ1n) is 7.70. The molecule has 0 radical (unpaired) electrons. The second kappa shape index (κ2) is 5.24. The molecule has 0 spiro atoms. The van der Waals surface area contributed by atoms with Crippen LogP contribution in [0.25, 0.3) is 5.65 Å². The quantitative estimate of drug-likeness (QED) is 0.625. The molecule has 4 rings (SSSR count). The number of hydrogen-bond donors (Lipinski definition) is 0. The van der Waals surface area contributed by atoms with Crippen LogP contribution in [0.3, 0.4) is 0 Å². The Kier molecular flexibility index (Phi) is 3.22. The maximum absolute atomic E-state index is 11.6. The summed E-state index contributed by atoms with van der Waals surface area (Å²) in [6, 6.07) is 5.82. The molecule has 1 aliphatic carbocycles. The summed E-state index contributed by atoms with van der Waals surface area (Å²) in [5, 5.41) is 11.6. The highest BCUT2D eigenvalue weighted by atomic mass is 16.6. The van der Waals surface area contributed by atoms with Crippen molar-refractivity contribution in [2.24, 2.45) is 5.92 Å². The molecule has 1 atom stereocenters. The van der Waals surface area contributed by atoms with Gasteiger partial charge in [-0.3, -0.25) is 0 Å². The number of nitro groups is 1. The average Bonchev–Trinajstić information content (AvgIpc) is 3.08. The van der Waals surface area contributed by atoms with E-state index in [1.165, 1.54) is 0 Å². The van der Waals surface area contributed by atoms with E-state index in [4.69, 9.17) is 4.74 Å². The number of fused-ring (bicyclic) bond motifs is 1. The molecule has 7 nitrogen and oxygen atoms in total. The van der Waals surface area contributed by atoms with Crippen LogP contribution in [0.1, 0.15) is 19.3 Å². The minimum atomic E-state index is -0.324. The summed E-state index contributed by atoms with van der Waals surface area (Å²) in [5.41, 5.74) is 0.623. The van der Waals surface area contributed by atoms with E-state index in [0.717, 1.165) is 39.0 Å². The monoisotopic (exact) mass is 302 g/mol. The van der Waals surface area contributed by atoms with Crippen molar-refractivity contribution in [1.82, 2.24) is 9.38 Å². The summed E-state index contributed by atoms with van der Waals surface area (Å²) in [5.74, 6) is 1.01. The van der Waals surface area contributed by atoms with E-state index < -0.39 is 0 Å². The van der Waals surface area contributed by atoms with E-state index >= 15 is 0 Å². The van der Waals surface area contributed by atoms with Crippen LogP contribution in [0.5, 0.6) is 0 Å². The highest BCUT2D eigenvalue weighted by Crippen LogP contribution is 2.38. The van der Waals surface area contributed by atoms with Crippen molar-refractivity contribution >= 4 is 17.3 Å². The minimum Gasteiger partial charge on any atom is -0.381 e. The Balaban J connectivity index is 1.76. The van der Waals surface area contributed by atoms with E-state index in [1.54, 1.807) is 22.7 Å². The number of hydrogen-bond acceptors (Lipinski definition) is 5. The molecule has 116 valence electrons. The molecule has 3 heterocycles. The topological polar surface area (TPSA) is 72.9 Å². The molecule has 0 amide bonds. The third-order valence-electron chi connectivity index (χ3n) is 4.40. The van der Waals surface area contributed by atoms with Gasteiger partial charge in [-0.1, -0.05) is 6.07 Å². The normalized spacial score (nSPS) is 21.4. The number of aromatic nitrogens is 2. The summed E-state index contributed by atoms with van der Waals surface area (Å²) in [4.78, 5) is 17.9. The van der Waals surface area contributed by atoms with Gasteiger partial charge in [0.15, 0.2) is 0 Å². The highest BCUT2D eigenvalue weighted by Gasteiger charge is 2.37. The summed E-state index contributed by atoms with van der Waals surface area (Å²) >= 11 is 0. The zero-order chi connectivity index (χ0) is 15.1. The van der Waals surface area contributed by atoms with Gasteiger partial charge in [0.05, 0.1) is 12.8 Å². The predicted molar refractivity (Wildman–Crippen MR) is 81.1 cm³/mol. The van der Waals surface area contributed by atoms with Crippen LogP contribution in [0, 0.1) is 16.0 Å². The lowest BCUT2D eigenvalue weighted by Gasteiger charge is -2.24. The van der Waals surface area contributed by atoms with Crippen molar-refractivity contribution in [1.29, 1.82) is 0 Å². The molecule has 1 saturated heterocycles. The summed E-state index contributed by atoms with van der Waals surface area (Å²) in [6.07, 6.45) is 4.88. The van der Waals surface area contributed by atoms with Gasteiger partial charge < -0.3 is 19.8 Å². The Morgan fingerprint density at radius 1 is 1.41 bits per heavy atom. The number of rotatable bonds is 5. The molecular weight excluding hydrogens is 284 g/mol. The maximum atomic E-state index is 11.6. The van der Waals surface area contributed by atoms with E-state index in [0.29, 0.717) is 23.4 Å². The van der Waals surface area contributed by atoms with E-state index in [1.807, 2.05) is 6.07 Å². The van der Waals surface area contributed by atoms with Crippen LogP contribution in [0.2, 0.25) is 0 Å². The fourth-order valence-electron chi connectivity index (χ4n) is 3.13. The first-order chi connectivity index (χ1) is 10.7. The second-order valence-electron chi connectivity index (χ2n) is 6.06. The van der Waals surface area contributed by atoms with Crippen LogP contribution >= 0.6 is 0 Å². The molecule has 0 N–H and O–H groups in total. The number of pyridine rings is 1. The third kappa shape index (κ3) is 2.31. The Bertz CT molecular complexity index is 704. The van der Waals surface area contributed by atoms with Crippen LogP contribution in [-0.2, 0) is 4.74 Å². The molecule has 2 fully saturated rings. The zero-order valence-corrected chi connectivity index (χ0v) is 12.2. The second-order valence-corrected chi connectivity index (χ2v) is 6.06. The van der Waals surface area contributed by atoms with Gasteiger partial charge in [-0.15, -0.1) is 0 Å². The first kappa shape index (κ1) is 13.5. The van der Waals surface area contributed by atoms with E-state index in [2.05, 4.69) is 9.88 Å². The maximum Gasteiger partial charge on any atom is 0.372 e. The Hall–Kier alpha value is -2.15. The molecule has 1 saturated carbocycles. The molecule has 2 aromatic rings. The molecule has 1 aliphatic heterocycles. The Morgan fingerprint density at radius 3 is 2.95 bits per heavy atom. The molecule has 2 aliphatic rings. The average molecular weight is 302 g/mol. The standard InChI is InChI=1S/C15H18N4O3/c20-19(21)15-14(16-13-3-1-2-7-17(13)15)18(12-4-5-12)9-11-6-8-22-10-11/h1-3,7,11-12H,4-6,8-10H2. The lowest BCUT2D eigenvalue weighted by molar-refractivity contribution is -0.389. The predicted octanol–water partition coefficient (Wildman–Crippen LogP) is 2.25. The molecule has 22 heavy (non-hydrogen) atoms. The number of ether oxygens (including phenoxy) is 1.